The molecular weight excluding hydrogens is 202 g/mol. The van der Waals surface area contributed by atoms with E-state index in [1.54, 1.807) is 0 Å². The van der Waals surface area contributed by atoms with Crippen LogP contribution in [0.3, 0.4) is 0 Å². The zero-order chi connectivity index (χ0) is 11.5. The number of aliphatic carboxylic acids is 1. The lowest BCUT2D eigenvalue weighted by Crippen LogP contribution is -2.53. The number of nitrogens with zero attached hydrogens (tertiary/aromatic N) is 1. The Morgan fingerprint density at radius 3 is 2.38 bits per heavy atom. The van der Waals surface area contributed by atoms with Crippen molar-refractivity contribution in [3.63, 3.8) is 0 Å². The molecule has 0 amide bonds. The van der Waals surface area contributed by atoms with Crippen molar-refractivity contribution in [2.45, 2.75) is 51.5 Å². The molecule has 3 nitrogen and oxygen atoms in total. The van der Waals surface area contributed by atoms with Gasteiger partial charge >= 0.3 is 5.97 Å². The summed E-state index contributed by atoms with van der Waals surface area (Å²) in [7, 11) is 0. The predicted octanol–water partition coefficient (Wildman–Crippen LogP) is 2.36. The third-order valence-electron chi connectivity index (χ3n) is 4.24. The van der Waals surface area contributed by atoms with Crippen molar-refractivity contribution in [1.29, 1.82) is 0 Å². The Balaban J connectivity index is 1.69. The molecule has 16 heavy (non-hydrogen) atoms. The minimum atomic E-state index is -0.592. The molecule has 2 fully saturated rings. The number of likely N-dealkylation sites (tertiary alicyclic amines) is 1. The van der Waals surface area contributed by atoms with E-state index in [0.29, 0.717) is 6.04 Å². The molecule has 2 aliphatic rings. The van der Waals surface area contributed by atoms with Crippen LogP contribution in [0.4, 0.5) is 0 Å². The third kappa shape index (κ3) is 2.57. The minimum Gasteiger partial charge on any atom is -0.481 e. The zero-order valence-corrected chi connectivity index (χ0v) is 10.2. The van der Waals surface area contributed by atoms with Crippen molar-refractivity contribution in [1.82, 2.24) is 4.90 Å². The molecule has 0 spiro atoms. The summed E-state index contributed by atoms with van der Waals surface area (Å²) in [5.41, 5.74) is 0. The van der Waals surface area contributed by atoms with Gasteiger partial charge in [-0.25, -0.2) is 0 Å². The van der Waals surface area contributed by atoms with Crippen molar-refractivity contribution in [2.75, 3.05) is 13.1 Å². The average molecular weight is 225 g/mol. The van der Waals surface area contributed by atoms with Gasteiger partial charge in [0.1, 0.15) is 0 Å². The van der Waals surface area contributed by atoms with Gasteiger partial charge in [0.2, 0.25) is 0 Å². The van der Waals surface area contributed by atoms with E-state index in [1.807, 2.05) is 0 Å². The molecule has 0 radical (unpaired) electrons. The van der Waals surface area contributed by atoms with Gasteiger partial charge in [-0.3, -0.25) is 9.69 Å². The Labute approximate surface area is 97.8 Å². The summed E-state index contributed by atoms with van der Waals surface area (Å²) >= 11 is 0. The number of carbonyl (C=O) groups is 1. The maximum absolute atomic E-state index is 10.8. The van der Waals surface area contributed by atoms with Gasteiger partial charge in [0, 0.05) is 19.1 Å². The first-order valence-electron chi connectivity index (χ1n) is 6.67. The summed E-state index contributed by atoms with van der Waals surface area (Å²) in [6.07, 6.45) is 6.61. The van der Waals surface area contributed by atoms with E-state index in [0.717, 1.165) is 31.6 Å². The molecule has 92 valence electrons. The zero-order valence-electron chi connectivity index (χ0n) is 10.2. The van der Waals surface area contributed by atoms with Crippen LogP contribution in [0.15, 0.2) is 0 Å². The summed E-state index contributed by atoms with van der Waals surface area (Å²) in [6, 6.07) is 0.684. The van der Waals surface area contributed by atoms with Crippen LogP contribution in [0.1, 0.15) is 45.4 Å². The van der Waals surface area contributed by atoms with Crippen LogP contribution in [0.5, 0.6) is 0 Å². The molecule has 1 saturated carbocycles. The first-order chi connectivity index (χ1) is 7.70. The molecule has 1 saturated heterocycles. The molecule has 1 aliphatic heterocycles. The number of carboxylic acid groups (broad SMARTS) is 1. The van der Waals surface area contributed by atoms with Gasteiger partial charge in [-0.05, 0) is 38.0 Å². The fourth-order valence-corrected chi connectivity index (χ4v) is 3.19. The van der Waals surface area contributed by atoms with Crippen LogP contribution in [-0.2, 0) is 4.79 Å². The maximum atomic E-state index is 10.8. The lowest BCUT2D eigenvalue weighted by atomic mass is 9.82. The predicted molar refractivity (Wildman–Crippen MR) is 63.4 cm³/mol. The molecule has 3 heteroatoms. The topological polar surface area (TPSA) is 40.5 Å². The van der Waals surface area contributed by atoms with E-state index in [-0.39, 0.29) is 5.92 Å². The number of carboxylic acids is 1. The minimum absolute atomic E-state index is 0.0658. The highest BCUT2D eigenvalue weighted by molar-refractivity contribution is 5.70. The van der Waals surface area contributed by atoms with Crippen molar-refractivity contribution in [3.8, 4) is 0 Å². The van der Waals surface area contributed by atoms with E-state index in [1.165, 1.54) is 25.9 Å². The van der Waals surface area contributed by atoms with Gasteiger partial charge < -0.3 is 5.11 Å². The van der Waals surface area contributed by atoms with E-state index in [9.17, 15) is 4.79 Å². The highest BCUT2D eigenvalue weighted by atomic mass is 16.4. The lowest BCUT2D eigenvalue weighted by Gasteiger charge is -2.46. The normalized spacial score (nSPS) is 32.3. The summed E-state index contributed by atoms with van der Waals surface area (Å²) < 4.78 is 0. The van der Waals surface area contributed by atoms with E-state index in [4.69, 9.17) is 5.11 Å². The van der Waals surface area contributed by atoms with E-state index >= 15 is 0 Å². The maximum Gasteiger partial charge on any atom is 0.306 e. The summed E-state index contributed by atoms with van der Waals surface area (Å²) in [5.74, 6) is 0.261. The summed E-state index contributed by atoms with van der Waals surface area (Å²) in [6.45, 7) is 4.77. The standard InChI is InChI=1S/C13H23NO2/c1-2-3-10-8-14(9-10)12-6-4-11(5-7-12)13(15)16/h10-12H,2-9H2,1H3,(H,15,16). The quantitative estimate of drug-likeness (QED) is 0.798. The van der Waals surface area contributed by atoms with Gasteiger partial charge in [-0.15, -0.1) is 0 Å². The Bertz CT molecular complexity index is 240. The lowest BCUT2D eigenvalue weighted by molar-refractivity contribution is -0.143. The molecule has 1 heterocycles. The molecule has 1 N–H and O–H groups in total. The SMILES string of the molecule is CCCC1CN(C2CCC(C(=O)O)CC2)C1. The fraction of sp³-hybridized carbons (Fsp3) is 0.923. The van der Waals surface area contributed by atoms with Gasteiger partial charge in [-0.2, -0.15) is 0 Å². The Morgan fingerprint density at radius 1 is 1.25 bits per heavy atom. The van der Waals surface area contributed by atoms with Crippen LogP contribution in [0.2, 0.25) is 0 Å². The second-order valence-corrected chi connectivity index (χ2v) is 5.45. The number of hydrogen-bond acceptors (Lipinski definition) is 2. The molecule has 0 unspecified atom stereocenters. The Hall–Kier alpha value is -0.570. The van der Waals surface area contributed by atoms with E-state index < -0.39 is 5.97 Å². The van der Waals surface area contributed by atoms with E-state index in [2.05, 4.69) is 11.8 Å². The molecule has 0 aromatic carbocycles. The first kappa shape index (κ1) is 11.9. The second kappa shape index (κ2) is 5.17. The second-order valence-electron chi connectivity index (χ2n) is 5.45. The van der Waals surface area contributed by atoms with Gasteiger partial charge in [-0.1, -0.05) is 13.3 Å². The summed E-state index contributed by atoms with van der Waals surface area (Å²) in [4.78, 5) is 13.4. The largest absolute Gasteiger partial charge is 0.481 e. The molecule has 2 rings (SSSR count). The highest BCUT2D eigenvalue weighted by Gasteiger charge is 2.35. The van der Waals surface area contributed by atoms with Gasteiger partial charge in [0.15, 0.2) is 0 Å². The number of hydrogen-bond donors (Lipinski definition) is 1. The van der Waals surface area contributed by atoms with Crippen molar-refractivity contribution < 1.29 is 9.90 Å². The monoisotopic (exact) mass is 225 g/mol. The molecule has 0 aromatic rings. The average Bonchev–Trinajstić information content (AvgIpc) is 2.23. The summed E-state index contributed by atoms with van der Waals surface area (Å²) in [5, 5.41) is 8.93. The Kier molecular flexibility index (Phi) is 3.85. The number of rotatable bonds is 4. The van der Waals surface area contributed by atoms with Crippen LogP contribution in [0.25, 0.3) is 0 Å². The van der Waals surface area contributed by atoms with Gasteiger partial charge in [0.05, 0.1) is 5.92 Å². The van der Waals surface area contributed by atoms with Crippen molar-refractivity contribution >= 4 is 5.97 Å². The molecular formula is C13H23NO2. The smallest absolute Gasteiger partial charge is 0.306 e. The third-order valence-corrected chi connectivity index (χ3v) is 4.24. The van der Waals surface area contributed by atoms with Crippen LogP contribution < -0.4 is 0 Å². The van der Waals surface area contributed by atoms with Crippen LogP contribution in [-0.4, -0.2) is 35.1 Å². The molecule has 0 atom stereocenters. The molecule has 0 aromatic heterocycles. The molecule has 0 bridgehead atoms. The van der Waals surface area contributed by atoms with Crippen molar-refractivity contribution in [3.05, 3.63) is 0 Å². The Morgan fingerprint density at radius 2 is 1.88 bits per heavy atom. The fourth-order valence-electron chi connectivity index (χ4n) is 3.19. The van der Waals surface area contributed by atoms with Crippen LogP contribution in [0, 0.1) is 11.8 Å². The van der Waals surface area contributed by atoms with Crippen molar-refractivity contribution in [2.24, 2.45) is 11.8 Å². The van der Waals surface area contributed by atoms with Crippen LogP contribution >= 0.6 is 0 Å². The first-order valence-corrected chi connectivity index (χ1v) is 6.67. The van der Waals surface area contributed by atoms with Gasteiger partial charge in [0.25, 0.3) is 0 Å². The highest BCUT2D eigenvalue weighted by Crippen LogP contribution is 2.32. The molecule has 1 aliphatic carbocycles.